The fourth-order valence-corrected chi connectivity index (χ4v) is 1.53. The molecule has 0 saturated heterocycles. The smallest absolute Gasteiger partial charge is 0.270 e. The summed E-state index contributed by atoms with van der Waals surface area (Å²) < 4.78 is 0. The first kappa shape index (κ1) is 12.0. The quantitative estimate of drug-likeness (QED) is 0.759. The number of tetrazole rings is 1. The molecule has 1 aromatic heterocycles. The van der Waals surface area contributed by atoms with E-state index >= 15 is 0 Å². The second kappa shape index (κ2) is 5.26. The minimum atomic E-state index is -0.148. The van der Waals surface area contributed by atoms with Crippen molar-refractivity contribution in [1.82, 2.24) is 20.2 Å². The van der Waals surface area contributed by atoms with Gasteiger partial charge in [0.1, 0.15) is 0 Å². The molecule has 1 heterocycles. The van der Waals surface area contributed by atoms with Crippen molar-refractivity contribution in [1.29, 1.82) is 0 Å². The van der Waals surface area contributed by atoms with Crippen molar-refractivity contribution in [3.63, 3.8) is 0 Å². The Morgan fingerprint density at radius 3 is 3.00 bits per heavy atom. The third-order valence-corrected chi connectivity index (χ3v) is 2.35. The van der Waals surface area contributed by atoms with Gasteiger partial charge in [0, 0.05) is 12.1 Å². The predicted molar refractivity (Wildman–Crippen MR) is 66.6 cm³/mol. The van der Waals surface area contributed by atoms with Gasteiger partial charge in [-0.25, -0.2) is 0 Å². The summed E-state index contributed by atoms with van der Waals surface area (Å²) in [5.74, 6) is 0.0699. The van der Waals surface area contributed by atoms with E-state index in [2.05, 4.69) is 20.7 Å². The van der Waals surface area contributed by atoms with E-state index in [0.29, 0.717) is 18.5 Å². The van der Waals surface area contributed by atoms with Gasteiger partial charge in [-0.1, -0.05) is 17.2 Å². The summed E-state index contributed by atoms with van der Waals surface area (Å²) >= 11 is 0. The molecule has 0 fully saturated rings. The zero-order valence-corrected chi connectivity index (χ0v) is 10.00. The molecular formula is C11H14N6O. The molecule has 0 atom stereocenters. The summed E-state index contributed by atoms with van der Waals surface area (Å²) in [6.45, 7) is 0. The number of anilines is 2. The number of nitrogens with zero attached hydrogens (tertiary/aromatic N) is 4. The highest BCUT2D eigenvalue weighted by molar-refractivity contribution is 5.88. The van der Waals surface area contributed by atoms with Crippen LogP contribution in [-0.4, -0.2) is 26.1 Å². The molecule has 0 aliphatic heterocycles. The van der Waals surface area contributed by atoms with Crippen molar-refractivity contribution < 1.29 is 4.79 Å². The maximum atomic E-state index is 11.6. The standard InChI is InChI=1S/C11H14N6O/c1-17-15-11(14-16-17)13-10(18)6-5-8-3-2-4-9(12)7-8/h2-4,7H,5-6,12H2,1H3,(H,13,15,18). The lowest BCUT2D eigenvalue weighted by atomic mass is 10.1. The lowest BCUT2D eigenvalue weighted by molar-refractivity contribution is -0.116. The van der Waals surface area contributed by atoms with Crippen LogP contribution in [0.5, 0.6) is 0 Å². The van der Waals surface area contributed by atoms with E-state index in [4.69, 9.17) is 5.73 Å². The fourth-order valence-electron chi connectivity index (χ4n) is 1.53. The molecule has 0 aliphatic rings. The van der Waals surface area contributed by atoms with Crippen LogP contribution in [0.25, 0.3) is 0 Å². The van der Waals surface area contributed by atoms with Crippen molar-refractivity contribution in [2.24, 2.45) is 7.05 Å². The first-order chi connectivity index (χ1) is 8.63. The molecule has 1 amide bonds. The van der Waals surface area contributed by atoms with Gasteiger partial charge >= 0.3 is 0 Å². The molecule has 7 nitrogen and oxygen atoms in total. The number of aryl methyl sites for hydroxylation is 2. The average molecular weight is 246 g/mol. The van der Waals surface area contributed by atoms with Gasteiger partial charge < -0.3 is 5.73 Å². The van der Waals surface area contributed by atoms with Crippen molar-refractivity contribution in [2.45, 2.75) is 12.8 Å². The highest BCUT2D eigenvalue weighted by atomic mass is 16.1. The normalized spacial score (nSPS) is 10.3. The van der Waals surface area contributed by atoms with E-state index in [9.17, 15) is 4.79 Å². The number of carbonyl (C=O) groups is 1. The number of nitrogen functional groups attached to an aromatic ring is 1. The molecule has 18 heavy (non-hydrogen) atoms. The Hall–Kier alpha value is -2.44. The van der Waals surface area contributed by atoms with Gasteiger partial charge in [-0.15, -0.1) is 5.10 Å². The van der Waals surface area contributed by atoms with Crippen LogP contribution in [-0.2, 0) is 18.3 Å². The number of aromatic nitrogens is 4. The highest BCUT2D eigenvalue weighted by Gasteiger charge is 2.06. The van der Waals surface area contributed by atoms with E-state index in [1.165, 1.54) is 4.80 Å². The molecular weight excluding hydrogens is 232 g/mol. The molecule has 0 unspecified atom stereocenters. The number of hydrogen-bond acceptors (Lipinski definition) is 5. The highest BCUT2D eigenvalue weighted by Crippen LogP contribution is 2.09. The number of amides is 1. The average Bonchev–Trinajstić information content (AvgIpc) is 2.72. The molecule has 0 radical (unpaired) electrons. The fraction of sp³-hybridized carbons (Fsp3) is 0.273. The number of nitrogens with one attached hydrogen (secondary N) is 1. The molecule has 94 valence electrons. The number of nitrogens with two attached hydrogens (primary N) is 1. The molecule has 2 rings (SSSR count). The molecule has 2 aromatic rings. The maximum Gasteiger partial charge on any atom is 0.270 e. The Morgan fingerprint density at radius 2 is 2.33 bits per heavy atom. The van der Waals surface area contributed by atoms with Gasteiger partial charge in [0.2, 0.25) is 5.91 Å². The third kappa shape index (κ3) is 3.27. The maximum absolute atomic E-state index is 11.6. The van der Waals surface area contributed by atoms with Gasteiger partial charge in [-0.05, 0) is 29.3 Å². The van der Waals surface area contributed by atoms with Crippen molar-refractivity contribution in [2.75, 3.05) is 11.1 Å². The zero-order chi connectivity index (χ0) is 13.0. The lowest BCUT2D eigenvalue weighted by Gasteiger charge is -2.02. The topological polar surface area (TPSA) is 98.7 Å². The molecule has 0 saturated carbocycles. The molecule has 0 bridgehead atoms. The number of carbonyl (C=O) groups excluding carboxylic acids is 1. The first-order valence-corrected chi connectivity index (χ1v) is 5.52. The summed E-state index contributed by atoms with van der Waals surface area (Å²) in [4.78, 5) is 12.9. The lowest BCUT2D eigenvalue weighted by Crippen LogP contribution is -2.13. The summed E-state index contributed by atoms with van der Waals surface area (Å²) in [6.07, 6.45) is 0.971. The van der Waals surface area contributed by atoms with E-state index in [1.54, 1.807) is 7.05 Å². The van der Waals surface area contributed by atoms with Gasteiger partial charge in [0.15, 0.2) is 0 Å². The van der Waals surface area contributed by atoms with Gasteiger partial charge in [0.25, 0.3) is 5.95 Å². The summed E-state index contributed by atoms with van der Waals surface area (Å²) in [5, 5.41) is 13.7. The van der Waals surface area contributed by atoms with E-state index < -0.39 is 0 Å². The molecule has 0 spiro atoms. The van der Waals surface area contributed by atoms with Crippen molar-refractivity contribution >= 4 is 17.5 Å². The Kier molecular flexibility index (Phi) is 3.52. The van der Waals surface area contributed by atoms with Crippen LogP contribution in [0.3, 0.4) is 0 Å². The van der Waals surface area contributed by atoms with Crippen LogP contribution < -0.4 is 11.1 Å². The minimum Gasteiger partial charge on any atom is -0.399 e. The van der Waals surface area contributed by atoms with Crippen molar-refractivity contribution in [3.8, 4) is 0 Å². The molecule has 0 aliphatic carbocycles. The predicted octanol–water partition coefficient (Wildman–Crippen LogP) is 0.364. The van der Waals surface area contributed by atoms with Gasteiger partial charge in [-0.3, -0.25) is 10.1 Å². The molecule has 3 N–H and O–H groups in total. The number of hydrogen-bond donors (Lipinski definition) is 2. The second-order valence-corrected chi connectivity index (χ2v) is 3.90. The summed E-state index contributed by atoms with van der Waals surface area (Å²) in [6, 6.07) is 7.47. The number of rotatable bonds is 4. The Bertz CT molecular complexity index is 550. The van der Waals surface area contributed by atoms with Crippen LogP contribution in [0.1, 0.15) is 12.0 Å². The minimum absolute atomic E-state index is 0.148. The second-order valence-electron chi connectivity index (χ2n) is 3.90. The Morgan fingerprint density at radius 1 is 1.50 bits per heavy atom. The number of benzene rings is 1. The largest absolute Gasteiger partial charge is 0.399 e. The van der Waals surface area contributed by atoms with E-state index in [0.717, 1.165) is 5.56 Å². The van der Waals surface area contributed by atoms with E-state index in [1.807, 2.05) is 24.3 Å². The zero-order valence-electron chi connectivity index (χ0n) is 10.00. The molecule has 7 heteroatoms. The Balaban J connectivity index is 1.85. The van der Waals surface area contributed by atoms with Crippen LogP contribution in [0, 0.1) is 0 Å². The third-order valence-electron chi connectivity index (χ3n) is 2.35. The summed E-state index contributed by atoms with van der Waals surface area (Å²) in [5.41, 5.74) is 7.38. The first-order valence-electron chi connectivity index (χ1n) is 5.52. The van der Waals surface area contributed by atoms with Gasteiger partial charge in [-0.2, -0.15) is 4.80 Å². The SMILES string of the molecule is Cn1nnc(NC(=O)CCc2cccc(N)c2)n1. The van der Waals surface area contributed by atoms with Crippen LogP contribution in [0.15, 0.2) is 24.3 Å². The summed E-state index contributed by atoms with van der Waals surface area (Å²) in [7, 11) is 1.63. The Labute approximate surface area is 104 Å². The monoisotopic (exact) mass is 246 g/mol. The van der Waals surface area contributed by atoms with Gasteiger partial charge in [0.05, 0.1) is 7.05 Å². The van der Waals surface area contributed by atoms with Crippen molar-refractivity contribution in [3.05, 3.63) is 29.8 Å². The van der Waals surface area contributed by atoms with Crippen LogP contribution in [0.2, 0.25) is 0 Å². The van der Waals surface area contributed by atoms with Crippen LogP contribution >= 0.6 is 0 Å². The van der Waals surface area contributed by atoms with E-state index in [-0.39, 0.29) is 11.9 Å². The molecule has 1 aromatic carbocycles. The van der Waals surface area contributed by atoms with Crippen LogP contribution in [0.4, 0.5) is 11.6 Å².